The second-order valence-corrected chi connectivity index (χ2v) is 7.76. The maximum atomic E-state index is 12.4. The second-order valence-electron chi connectivity index (χ2n) is 7.76. The summed E-state index contributed by atoms with van der Waals surface area (Å²) < 4.78 is 0. The Kier molecular flexibility index (Phi) is 4.26. The molecule has 0 aliphatic heterocycles. The quantitative estimate of drug-likeness (QED) is 0.896. The third kappa shape index (κ3) is 4.19. The molecule has 0 unspecified atom stereocenters. The first-order valence-corrected chi connectivity index (χ1v) is 7.65. The van der Waals surface area contributed by atoms with Crippen LogP contribution in [0.4, 0.5) is 5.69 Å². The number of hydrogen-bond acceptors (Lipinski definition) is 3. The lowest BCUT2D eigenvalue weighted by molar-refractivity contribution is 0.0710. The maximum Gasteiger partial charge on any atom is 0.270 e. The van der Waals surface area contributed by atoms with Crippen molar-refractivity contribution in [3.63, 3.8) is 0 Å². The number of carbonyl (C=O) groups excluding carboxylic acids is 1. The standard InChI is InChI=1S/C17H27N3O/c1-16(2)9-13(10-17(3,4)11-16)20-15(21)14-8-12(18-5)6-7-19-14/h6-8,13H,9-11H2,1-5H3,(H,18,19)(H,20,21). The van der Waals surface area contributed by atoms with Gasteiger partial charge in [0.2, 0.25) is 0 Å². The van der Waals surface area contributed by atoms with Gasteiger partial charge in [0, 0.05) is 25.0 Å². The number of hydrogen-bond donors (Lipinski definition) is 2. The SMILES string of the molecule is CNc1ccnc(C(=O)NC2CC(C)(C)CC(C)(C)C2)c1. The van der Waals surface area contributed by atoms with Crippen molar-refractivity contribution in [3.05, 3.63) is 24.0 Å². The molecule has 1 amide bonds. The van der Waals surface area contributed by atoms with Crippen LogP contribution in [0.25, 0.3) is 0 Å². The first kappa shape index (κ1) is 15.8. The van der Waals surface area contributed by atoms with Crippen LogP contribution in [0.15, 0.2) is 18.3 Å². The zero-order valence-electron chi connectivity index (χ0n) is 13.8. The summed E-state index contributed by atoms with van der Waals surface area (Å²) in [7, 11) is 1.84. The zero-order valence-corrected chi connectivity index (χ0v) is 13.8. The second kappa shape index (κ2) is 5.66. The van der Waals surface area contributed by atoms with E-state index >= 15 is 0 Å². The van der Waals surface area contributed by atoms with Gasteiger partial charge in [-0.2, -0.15) is 0 Å². The Morgan fingerprint density at radius 3 is 2.43 bits per heavy atom. The number of carbonyl (C=O) groups is 1. The molecule has 0 saturated heterocycles. The van der Waals surface area contributed by atoms with Gasteiger partial charge in [-0.3, -0.25) is 9.78 Å². The van der Waals surface area contributed by atoms with E-state index in [-0.39, 0.29) is 22.8 Å². The predicted molar refractivity (Wildman–Crippen MR) is 86.5 cm³/mol. The number of pyridine rings is 1. The van der Waals surface area contributed by atoms with Crippen molar-refractivity contribution in [2.45, 2.75) is 53.0 Å². The number of aromatic nitrogens is 1. The van der Waals surface area contributed by atoms with Crippen LogP contribution < -0.4 is 10.6 Å². The van der Waals surface area contributed by atoms with Crippen molar-refractivity contribution in [1.82, 2.24) is 10.3 Å². The summed E-state index contributed by atoms with van der Waals surface area (Å²) in [5.74, 6) is -0.0781. The lowest BCUT2D eigenvalue weighted by Gasteiger charge is -2.45. The summed E-state index contributed by atoms with van der Waals surface area (Å²) in [5, 5.41) is 6.20. The Labute approximate surface area is 127 Å². The van der Waals surface area contributed by atoms with Gasteiger partial charge < -0.3 is 10.6 Å². The van der Waals surface area contributed by atoms with Crippen molar-refractivity contribution < 1.29 is 4.79 Å². The largest absolute Gasteiger partial charge is 0.388 e. The average Bonchev–Trinajstić information content (AvgIpc) is 2.35. The number of nitrogens with one attached hydrogen (secondary N) is 2. The molecule has 116 valence electrons. The van der Waals surface area contributed by atoms with Gasteiger partial charge in [0.15, 0.2) is 0 Å². The highest BCUT2D eigenvalue weighted by Crippen LogP contribution is 2.45. The van der Waals surface area contributed by atoms with E-state index in [0.717, 1.165) is 18.5 Å². The monoisotopic (exact) mass is 289 g/mol. The molecule has 4 nitrogen and oxygen atoms in total. The molecule has 2 rings (SSSR count). The highest BCUT2D eigenvalue weighted by molar-refractivity contribution is 5.93. The summed E-state index contributed by atoms with van der Waals surface area (Å²) in [6.07, 6.45) is 4.90. The van der Waals surface area contributed by atoms with E-state index in [9.17, 15) is 4.79 Å². The van der Waals surface area contributed by atoms with Crippen molar-refractivity contribution >= 4 is 11.6 Å². The predicted octanol–water partition coefficient (Wildman–Crippen LogP) is 3.46. The van der Waals surface area contributed by atoms with Crippen molar-refractivity contribution in [2.75, 3.05) is 12.4 Å². The van der Waals surface area contributed by atoms with E-state index in [2.05, 4.69) is 43.3 Å². The number of rotatable bonds is 3. The lowest BCUT2D eigenvalue weighted by Crippen LogP contribution is -2.46. The molecule has 1 fully saturated rings. The summed E-state index contributed by atoms with van der Waals surface area (Å²) in [4.78, 5) is 16.6. The summed E-state index contributed by atoms with van der Waals surface area (Å²) in [6, 6.07) is 3.86. The fourth-order valence-corrected chi connectivity index (χ4v) is 3.92. The molecule has 0 atom stereocenters. The Morgan fingerprint density at radius 1 is 1.24 bits per heavy atom. The van der Waals surface area contributed by atoms with Gasteiger partial charge in [-0.1, -0.05) is 27.7 Å². The summed E-state index contributed by atoms with van der Waals surface area (Å²) >= 11 is 0. The minimum atomic E-state index is -0.0781. The molecule has 1 aromatic rings. The van der Waals surface area contributed by atoms with Crippen molar-refractivity contribution in [1.29, 1.82) is 0 Å². The molecular formula is C17H27N3O. The third-order valence-corrected chi connectivity index (χ3v) is 4.17. The van der Waals surface area contributed by atoms with Crippen LogP contribution in [0.5, 0.6) is 0 Å². The van der Waals surface area contributed by atoms with E-state index in [1.807, 2.05) is 13.1 Å². The van der Waals surface area contributed by atoms with E-state index in [4.69, 9.17) is 0 Å². The Hall–Kier alpha value is -1.58. The molecule has 0 bridgehead atoms. The minimum absolute atomic E-state index is 0.0781. The van der Waals surface area contributed by atoms with Crippen molar-refractivity contribution in [3.8, 4) is 0 Å². The van der Waals surface area contributed by atoms with E-state index in [0.29, 0.717) is 5.69 Å². The van der Waals surface area contributed by atoms with Crippen LogP contribution in [-0.4, -0.2) is 24.0 Å². The van der Waals surface area contributed by atoms with Gasteiger partial charge in [-0.05, 0) is 42.2 Å². The molecule has 0 radical (unpaired) electrons. The van der Waals surface area contributed by atoms with Crippen LogP contribution in [0, 0.1) is 10.8 Å². The Balaban J connectivity index is 2.08. The number of anilines is 1. The molecule has 1 saturated carbocycles. The van der Waals surface area contributed by atoms with Gasteiger partial charge in [0.05, 0.1) is 0 Å². The molecule has 0 spiro atoms. The normalized spacial score (nSPS) is 20.8. The van der Waals surface area contributed by atoms with Crippen LogP contribution in [-0.2, 0) is 0 Å². The molecule has 21 heavy (non-hydrogen) atoms. The topological polar surface area (TPSA) is 54.0 Å². The molecule has 1 aliphatic rings. The van der Waals surface area contributed by atoms with Crippen LogP contribution >= 0.6 is 0 Å². The summed E-state index contributed by atoms with van der Waals surface area (Å²) in [5.41, 5.74) is 1.90. The van der Waals surface area contributed by atoms with E-state index < -0.39 is 0 Å². The molecular weight excluding hydrogens is 262 g/mol. The highest BCUT2D eigenvalue weighted by atomic mass is 16.1. The van der Waals surface area contributed by atoms with Gasteiger partial charge in [-0.25, -0.2) is 0 Å². The van der Waals surface area contributed by atoms with Crippen LogP contribution in [0.1, 0.15) is 57.4 Å². The molecule has 1 aliphatic carbocycles. The molecule has 0 aromatic carbocycles. The van der Waals surface area contributed by atoms with E-state index in [1.165, 1.54) is 6.42 Å². The van der Waals surface area contributed by atoms with Gasteiger partial charge in [0.1, 0.15) is 5.69 Å². The fraction of sp³-hybridized carbons (Fsp3) is 0.647. The minimum Gasteiger partial charge on any atom is -0.388 e. The van der Waals surface area contributed by atoms with E-state index in [1.54, 1.807) is 12.3 Å². The van der Waals surface area contributed by atoms with Crippen LogP contribution in [0.3, 0.4) is 0 Å². The third-order valence-electron chi connectivity index (χ3n) is 4.17. The molecule has 1 aromatic heterocycles. The first-order valence-electron chi connectivity index (χ1n) is 7.65. The lowest BCUT2D eigenvalue weighted by atomic mass is 9.63. The molecule has 4 heteroatoms. The number of nitrogens with zero attached hydrogens (tertiary/aromatic N) is 1. The van der Waals surface area contributed by atoms with Gasteiger partial charge >= 0.3 is 0 Å². The fourth-order valence-electron chi connectivity index (χ4n) is 3.92. The average molecular weight is 289 g/mol. The Morgan fingerprint density at radius 2 is 1.86 bits per heavy atom. The van der Waals surface area contributed by atoms with Crippen molar-refractivity contribution in [2.24, 2.45) is 10.8 Å². The first-order chi connectivity index (χ1) is 9.71. The zero-order chi connectivity index (χ0) is 15.7. The highest BCUT2D eigenvalue weighted by Gasteiger charge is 2.39. The summed E-state index contributed by atoms with van der Waals surface area (Å²) in [6.45, 7) is 9.14. The Bertz CT molecular complexity index is 507. The van der Waals surface area contributed by atoms with Gasteiger partial charge in [0.25, 0.3) is 5.91 Å². The van der Waals surface area contributed by atoms with Gasteiger partial charge in [-0.15, -0.1) is 0 Å². The molecule has 1 heterocycles. The van der Waals surface area contributed by atoms with Crippen LogP contribution in [0.2, 0.25) is 0 Å². The smallest absolute Gasteiger partial charge is 0.270 e. The number of amides is 1. The molecule has 2 N–H and O–H groups in total. The maximum absolute atomic E-state index is 12.4.